The summed E-state index contributed by atoms with van der Waals surface area (Å²) in [7, 11) is 1.44. The van der Waals surface area contributed by atoms with Crippen LogP contribution < -0.4 is 20.1 Å². The number of carbonyl (C=O) groups excluding carboxylic acids is 2. The maximum atomic E-state index is 12.7. The van der Waals surface area contributed by atoms with Crippen molar-refractivity contribution in [1.82, 2.24) is 4.98 Å². The third kappa shape index (κ3) is 4.35. The van der Waals surface area contributed by atoms with E-state index in [1.165, 1.54) is 37.5 Å². The van der Waals surface area contributed by atoms with Gasteiger partial charge in [0.1, 0.15) is 11.5 Å². The molecular formula is C19H18ClN3O4S. The van der Waals surface area contributed by atoms with Crippen LogP contribution in [0.2, 0.25) is 5.02 Å². The minimum absolute atomic E-state index is 0.229. The zero-order chi connectivity index (χ0) is 20.3. The number of nitrogens with zero attached hydrogens (tertiary/aromatic N) is 1. The van der Waals surface area contributed by atoms with Gasteiger partial charge in [0.25, 0.3) is 5.91 Å². The number of rotatable bonds is 6. The summed E-state index contributed by atoms with van der Waals surface area (Å²) in [6, 6.07) is 8.51. The standard InChI is InChI=1S/C19H18ClN3O4S/c1-4-27-11-5-6-14-17(7-11)28-19(22-14)23-18(25)12-8-13(20)15(21-10(2)24)9-16(12)26-3/h5-9H,4H2,1-3H3,(H,21,24)(H,22,23,25). The van der Waals surface area contributed by atoms with Gasteiger partial charge in [-0.3, -0.25) is 14.9 Å². The summed E-state index contributed by atoms with van der Waals surface area (Å²) >= 11 is 7.52. The summed E-state index contributed by atoms with van der Waals surface area (Å²) in [5.74, 6) is 0.336. The van der Waals surface area contributed by atoms with Gasteiger partial charge in [0.2, 0.25) is 5.91 Å². The fourth-order valence-electron chi connectivity index (χ4n) is 2.56. The lowest BCUT2D eigenvalue weighted by Gasteiger charge is -2.12. The molecule has 3 aromatic rings. The number of fused-ring (bicyclic) bond motifs is 1. The first-order chi connectivity index (χ1) is 13.4. The molecule has 0 fully saturated rings. The highest BCUT2D eigenvalue weighted by atomic mass is 35.5. The molecule has 146 valence electrons. The minimum atomic E-state index is -0.419. The molecule has 0 spiro atoms. The first kappa shape index (κ1) is 19.9. The van der Waals surface area contributed by atoms with E-state index in [9.17, 15) is 9.59 Å². The number of benzene rings is 2. The second-order valence-electron chi connectivity index (χ2n) is 5.75. The summed E-state index contributed by atoms with van der Waals surface area (Å²) in [6.07, 6.45) is 0. The Hall–Kier alpha value is -2.84. The average molecular weight is 420 g/mol. The van der Waals surface area contributed by atoms with Crippen molar-refractivity contribution in [3.05, 3.63) is 40.9 Å². The van der Waals surface area contributed by atoms with Crippen LogP contribution in [0.4, 0.5) is 10.8 Å². The molecule has 0 bridgehead atoms. The van der Waals surface area contributed by atoms with Gasteiger partial charge in [-0.25, -0.2) is 4.98 Å². The Bertz CT molecular complexity index is 1050. The molecule has 0 unspecified atom stereocenters. The van der Waals surface area contributed by atoms with Gasteiger partial charge in [0.15, 0.2) is 5.13 Å². The molecule has 1 aromatic heterocycles. The number of hydrogen-bond donors (Lipinski definition) is 2. The van der Waals surface area contributed by atoms with Crippen LogP contribution in [-0.2, 0) is 4.79 Å². The van der Waals surface area contributed by atoms with E-state index in [0.717, 1.165) is 16.0 Å². The molecule has 2 aromatic carbocycles. The number of carbonyl (C=O) groups is 2. The third-order valence-corrected chi connectivity index (χ3v) is 4.98. The lowest BCUT2D eigenvalue weighted by atomic mass is 10.1. The number of nitrogens with one attached hydrogen (secondary N) is 2. The SMILES string of the molecule is CCOc1ccc2nc(NC(=O)c3cc(Cl)c(NC(C)=O)cc3OC)sc2c1. The average Bonchev–Trinajstić information content (AvgIpc) is 3.04. The lowest BCUT2D eigenvalue weighted by molar-refractivity contribution is -0.114. The van der Waals surface area contributed by atoms with Crippen LogP contribution in [-0.4, -0.2) is 30.5 Å². The van der Waals surface area contributed by atoms with Crippen LogP contribution in [0.15, 0.2) is 30.3 Å². The van der Waals surface area contributed by atoms with Crippen molar-refractivity contribution in [1.29, 1.82) is 0 Å². The van der Waals surface area contributed by atoms with E-state index in [2.05, 4.69) is 15.6 Å². The molecule has 0 aliphatic heterocycles. The zero-order valence-electron chi connectivity index (χ0n) is 15.5. The van der Waals surface area contributed by atoms with Gasteiger partial charge in [-0.15, -0.1) is 0 Å². The van der Waals surface area contributed by atoms with Gasteiger partial charge < -0.3 is 14.8 Å². The quantitative estimate of drug-likeness (QED) is 0.611. The molecule has 2 N–H and O–H groups in total. The fraction of sp³-hybridized carbons (Fsp3) is 0.211. The van der Waals surface area contributed by atoms with Gasteiger partial charge in [0, 0.05) is 13.0 Å². The van der Waals surface area contributed by atoms with Gasteiger partial charge in [0.05, 0.1) is 40.2 Å². The van der Waals surface area contributed by atoms with Crippen molar-refractivity contribution >= 4 is 55.8 Å². The normalized spacial score (nSPS) is 10.6. The largest absolute Gasteiger partial charge is 0.496 e. The Balaban J connectivity index is 1.87. The number of halogens is 1. The van der Waals surface area contributed by atoms with Crippen LogP contribution in [0.25, 0.3) is 10.2 Å². The second-order valence-corrected chi connectivity index (χ2v) is 7.19. The predicted molar refractivity (Wildman–Crippen MR) is 111 cm³/mol. The lowest BCUT2D eigenvalue weighted by Crippen LogP contribution is -2.14. The molecule has 0 saturated carbocycles. The first-order valence-corrected chi connectivity index (χ1v) is 9.60. The molecule has 3 rings (SSSR count). The van der Waals surface area contributed by atoms with Crippen molar-refractivity contribution in [3.8, 4) is 11.5 Å². The summed E-state index contributed by atoms with van der Waals surface area (Å²) in [5, 5.41) is 6.03. The molecule has 7 nitrogen and oxygen atoms in total. The Morgan fingerprint density at radius 3 is 2.68 bits per heavy atom. The zero-order valence-corrected chi connectivity index (χ0v) is 17.0. The highest BCUT2D eigenvalue weighted by molar-refractivity contribution is 7.22. The number of anilines is 2. The van der Waals surface area contributed by atoms with Gasteiger partial charge in [-0.1, -0.05) is 22.9 Å². The molecule has 0 saturated heterocycles. The van der Waals surface area contributed by atoms with Gasteiger partial charge in [-0.05, 0) is 31.2 Å². The molecule has 0 aliphatic carbocycles. The summed E-state index contributed by atoms with van der Waals surface area (Å²) in [5.41, 5.74) is 1.36. The molecule has 0 radical (unpaired) electrons. The van der Waals surface area contributed by atoms with Gasteiger partial charge >= 0.3 is 0 Å². The van der Waals surface area contributed by atoms with Crippen molar-refractivity contribution in [2.45, 2.75) is 13.8 Å². The Morgan fingerprint density at radius 1 is 1.21 bits per heavy atom. The molecule has 0 aliphatic rings. The van der Waals surface area contributed by atoms with E-state index in [-0.39, 0.29) is 22.2 Å². The molecule has 28 heavy (non-hydrogen) atoms. The van der Waals surface area contributed by atoms with E-state index in [1.807, 2.05) is 25.1 Å². The van der Waals surface area contributed by atoms with E-state index in [1.54, 1.807) is 0 Å². The topological polar surface area (TPSA) is 89.5 Å². The monoisotopic (exact) mass is 419 g/mol. The van der Waals surface area contributed by atoms with E-state index < -0.39 is 5.91 Å². The maximum absolute atomic E-state index is 12.7. The van der Waals surface area contributed by atoms with E-state index in [0.29, 0.717) is 17.4 Å². The predicted octanol–water partition coefficient (Wildman–Crippen LogP) is 4.57. The third-order valence-electron chi connectivity index (χ3n) is 3.74. The first-order valence-electron chi connectivity index (χ1n) is 8.41. The number of hydrogen-bond acceptors (Lipinski definition) is 6. The fourth-order valence-corrected chi connectivity index (χ4v) is 3.66. The van der Waals surface area contributed by atoms with Crippen LogP contribution in [0.3, 0.4) is 0 Å². The molecular weight excluding hydrogens is 402 g/mol. The summed E-state index contributed by atoms with van der Waals surface area (Å²) in [4.78, 5) is 28.4. The number of methoxy groups -OCH3 is 1. The molecule has 0 atom stereocenters. The van der Waals surface area contributed by atoms with Crippen molar-refractivity contribution in [3.63, 3.8) is 0 Å². The van der Waals surface area contributed by atoms with Crippen LogP contribution in [0.1, 0.15) is 24.2 Å². The Labute approximate surface area is 170 Å². The van der Waals surface area contributed by atoms with Gasteiger partial charge in [-0.2, -0.15) is 0 Å². The molecule has 9 heteroatoms. The van der Waals surface area contributed by atoms with E-state index >= 15 is 0 Å². The van der Waals surface area contributed by atoms with Crippen LogP contribution in [0.5, 0.6) is 11.5 Å². The number of thiazole rings is 1. The highest BCUT2D eigenvalue weighted by Crippen LogP contribution is 2.33. The smallest absolute Gasteiger partial charge is 0.261 e. The second kappa shape index (κ2) is 8.45. The van der Waals surface area contributed by atoms with E-state index in [4.69, 9.17) is 21.1 Å². The maximum Gasteiger partial charge on any atom is 0.261 e. The minimum Gasteiger partial charge on any atom is -0.496 e. The Kier molecular flexibility index (Phi) is 6.01. The van der Waals surface area contributed by atoms with Crippen molar-refractivity contribution in [2.24, 2.45) is 0 Å². The van der Waals surface area contributed by atoms with Crippen LogP contribution >= 0.6 is 22.9 Å². The molecule has 1 heterocycles. The number of aromatic nitrogens is 1. The van der Waals surface area contributed by atoms with Crippen molar-refractivity contribution < 1.29 is 19.1 Å². The Morgan fingerprint density at radius 2 is 2.00 bits per heavy atom. The number of amides is 2. The number of ether oxygens (including phenoxy) is 2. The highest BCUT2D eigenvalue weighted by Gasteiger charge is 2.18. The van der Waals surface area contributed by atoms with Crippen LogP contribution in [0, 0.1) is 0 Å². The molecule has 2 amide bonds. The summed E-state index contributed by atoms with van der Waals surface area (Å²) in [6.45, 7) is 3.86. The summed E-state index contributed by atoms with van der Waals surface area (Å²) < 4.78 is 11.7. The van der Waals surface area contributed by atoms with Crippen molar-refractivity contribution in [2.75, 3.05) is 24.4 Å².